The van der Waals surface area contributed by atoms with Crippen LogP contribution in [0.15, 0.2) is 24.4 Å². The zero-order chi connectivity index (χ0) is 9.42. The highest BCUT2D eigenvalue weighted by atomic mass is 35.5. The highest BCUT2D eigenvalue weighted by molar-refractivity contribution is 6.45. The molecule has 0 atom stereocenters. The van der Waals surface area contributed by atoms with Crippen LogP contribution in [0.25, 0.3) is 10.9 Å². The van der Waals surface area contributed by atoms with Crippen LogP contribution in [0.2, 0.25) is 15.1 Å². The van der Waals surface area contributed by atoms with Crippen molar-refractivity contribution in [2.24, 2.45) is 0 Å². The maximum absolute atomic E-state index is 5.94. The summed E-state index contributed by atoms with van der Waals surface area (Å²) in [6.07, 6.45) is 1.55. The van der Waals surface area contributed by atoms with Gasteiger partial charge in [-0.3, -0.25) is 4.98 Å². The van der Waals surface area contributed by atoms with Gasteiger partial charge in [-0.1, -0.05) is 40.9 Å². The summed E-state index contributed by atoms with van der Waals surface area (Å²) in [7, 11) is 0. The molecule has 1 heterocycles. The van der Waals surface area contributed by atoms with E-state index in [1.54, 1.807) is 18.3 Å². The maximum atomic E-state index is 5.94. The fourth-order valence-electron chi connectivity index (χ4n) is 1.11. The first-order chi connectivity index (χ1) is 6.18. The molecule has 0 fully saturated rings. The van der Waals surface area contributed by atoms with E-state index in [2.05, 4.69) is 4.98 Å². The fourth-order valence-corrected chi connectivity index (χ4v) is 1.65. The van der Waals surface area contributed by atoms with Crippen LogP contribution in [0.5, 0.6) is 0 Å². The van der Waals surface area contributed by atoms with E-state index in [9.17, 15) is 0 Å². The number of hydrogen-bond donors (Lipinski definition) is 0. The van der Waals surface area contributed by atoms with Gasteiger partial charge in [0.2, 0.25) is 0 Å². The molecular formula is C9H4Cl3N. The summed E-state index contributed by atoms with van der Waals surface area (Å²) in [6, 6.07) is 5.36. The molecule has 2 aromatic rings. The van der Waals surface area contributed by atoms with E-state index in [4.69, 9.17) is 34.8 Å². The second-order valence-electron chi connectivity index (χ2n) is 2.59. The van der Waals surface area contributed by atoms with Crippen LogP contribution in [0.3, 0.4) is 0 Å². The molecule has 66 valence electrons. The van der Waals surface area contributed by atoms with E-state index in [1.807, 2.05) is 6.07 Å². The molecule has 1 aromatic heterocycles. The lowest BCUT2D eigenvalue weighted by molar-refractivity contribution is 1.41. The quantitative estimate of drug-likeness (QED) is 0.663. The highest BCUT2D eigenvalue weighted by Gasteiger charge is 2.04. The van der Waals surface area contributed by atoms with Crippen molar-refractivity contribution < 1.29 is 0 Å². The van der Waals surface area contributed by atoms with Gasteiger partial charge in [0.1, 0.15) is 0 Å². The van der Waals surface area contributed by atoms with Crippen molar-refractivity contribution in [1.29, 1.82) is 0 Å². The molecular weight excluding hydrogens is 228 g/mol. The van der Waals surface area contributed by atoms with Crippen LogP contribution in [0.4, 0.5) is 0 Å². The Kier molecular flexibility index (Phi) is 2.33. The van der Waals surface area contributed by atoms with Crippen molar-refractivity contribution in [3.63, 3.8) is 0 Å². The van der Waals surface area contributed by atoms with Crippen LogP contribution in [-0.2, 0) is 0 Å². The topological polar surface area (TPSA) is 12.9 Å². The summed E-state index contributed by atoms with van der Waals surface area (Å²) in [6.45, 7) is 0. The largest absolute Gasteiger partial charge is 0.253 e. The minimum Gasteiger partial charge on any atom is -0.253 e. The third kappa shape index (κ3) is 1.60. The van der Waals surface area contributed by atoms with Gasteiger partial charge in [-0.05, 0) is 12.1 Å². The molecule has 0 unspecified atom stereocenters. The lowest BCUT2D eigenvalue weighted by atomic mass is 10.2. The molecule has 0 aliphatic carbocycles. The maximum Gasteiger partial charge on any atom is 0.0904 e. The molecule has 1 nitrogen and oxygen atoms in total. The predicted molar refractivity (Wildman–Crippen MR) is 56.8 cm³/mol. The lowest BCUT2D eigenvalue weighted by Gasteiger charge is -2.01. The summed E-state index contributed by atoms with van der Waals surface area (Å²) >= 11 is 17.5. The Morgan fingerprint density at radius 3 is 2.62 bits per heavy atom. The molecule has 0 bridgehead atoms. The molecule has 0 aliphatic rings. The summed E-state index contributed by atoms with van der Waals surface area (Å²) in [5, 5.41) is 2.45. The monoisotopic (exact) mass is 231 g/mol. The Bertz CT molecular complexity index is 468. The second-order valence-corrected chi connectivity index (χ2v) is 3.81. The van der Waals surface area contributed by atoms with Crippen molar-refractivity contribution in [3.8, 4) is 0 Å². The minimum absolute atomic E-state index is 0.468. The van der Waals surface area contributed by atoms with Crippen LogP contribution in [-0.4, -0.2) is 4.98 Å². The third-order valence-corrected chi connectivity index (χ3v) is 2.71. The molecule has 0 amide bonds. The molecule has 0 N–H and O–H groups in total. The van der Waals surface area contributed by atoms with E-state index >= 15 is 0 Å². The number of rotatable bonds is 0. The van der Waals surface area contributed by atoms with Gasteiger partial charge < -0.3 is 0 Å². The Morgan fingerprint density at radius 1 is 1.08 bits per heavy atom. The molecule has 0 aliphatic heterocycles. The van der Waals surface area contributed by atoms with Gasteiger partial charge in [0, 0.05) is 11.6 Å². The van der Waals surface area contributed by atoms with Crippen molar-refractivity contribution >= 4 is 45.7 Å². The molecule has 0 spiro atoms. The van der Waals surface area contributed by atoms with E-state index in [-0.39, 0.29) is 0 Å². The fraction of sp³-hybridized carbons (Fsp3) is 0. The first-order valence-electron chi connectivity index (χ1n) is 3.58. The summed E-state index contributed by atoms with van der Waals surface area (Å²) in [5.74, 6) is 0. The van der Waals surface area contributed by atoms with Crippen molar-refractivity contribution in [2.45, 2.75) is 0 Å². The molecule has 0 saturated heterocycles. The van der Waals surface area contributed by atoms with Crippen molar-refractivity contribution in [3.05, 3.63) is 39.5 Å². The van der Waals surface area contributed by atoms with Crippen molar-refractivity contribution in [2.75, 3.05) is 0 Å². The molecule has 2 rings (SSSR count). The van der Waals surface area contributed by atoms with Gasteiger partial charge in [-0.2, -0.15) is 0 Å². The zero-order valence-corrected chi connectivity index (χ0v) is 8.66. The number of fused-ring (bicyclic) bond motifs is 1. The van der Waals surface area contributed by atoms with Gasteiger partial charge in [0.05, 0.1) is 20.6 Å². The standard InChI is InChI=1S/C9H4Cl3N/c10-6-3-5-1-2-7(11)8(12)9(5)13-4-6/h1-4H. The first kappa shape index (κ1) is 9.07. The van der Waals surface area contributed by atoms with Crippen LogP contribution < -0.4 is 0 Å². The molecule has 0 radical (unpaired) electrons. The van der Waals surface area contributed by atoms with Crippen LogP contribution in [0.1, 0.15) is 0 Å². The van der Waals surface area contributed by atoms with Gasteiger partial charge in [-0.15, -0.1) is 0 Å². The van der Waals surface area contributed by atoms with Gasteiger partial charge in [-0.25, -0.2) is 0 Å². The Labute approximate surface area is 90.2 Å². The van der Waals surface area contributed by atoms with Crippen LogP contribution in [0, 0.1) is 0 Å². The van der Waals surface area contributed by atoms with E-state index in [0.717, 1.165) is 5.39 Å². The lowest BCUT2D eigenvalue weighted by Crippen LogP contribution is -1.80. The Balaban J connectivity index is 2.87. The van der Waals surface area contributed by atoms with E-state index in [1.165, 1.54) is 0 Å². The van der Waals surface area contributed by atoms with Crippen molar-refractivity contribution in [1.82, 2.24) is 4.98 Å². The van der Waals surface area contributed by atoms with Gasteiger partial charge in [0.15, 0.2) is 0 Å². The average Bonchev–Trinajstić information content (AvgIpc) is 2.12. The summed E-state index contributed by atoms with van der Waals surface area (Å²) < 4.78 is 0. The molecule has 13 heavy (non-hydrogen) atoms. The number of nitrogens with zero attached hydrogens (tertiary/aromatic N) is 1. The first-order valence-corrected chi connectivity index (χ1v) is 4.71. The van der Waals surface area contributed by atoms with Gasteiger partial charge >= 0.3 is 0 Å². The Morgan fingerprint density at radius 2 is 1.85 bits per heavy atom. The summed E-state index contributed by atoms with van der Waals surface area (Å²) in [4.78, 5) is 4.09. The smallest absolute Gasteiger partial charge is 0.0904 e. The second kappa shape index (κ2) is 3.33. The number of benzene rings is 1. The van der Waals surface area contributed by atoms with Crippen LogP contribution >= 0.6 is 34.8 Å². The normalized spacial score (nSPS) is 10.7. The number of aromatic nitrogens is 1. The third-order valence-electron chi connectivity index (χ3n) is 1.71. The van der Waals surface area contributed by atoms with E-state index < -0.39 is 0 Å². The SMILES string of the molecule is Clc1cnc2c(Cl)c(Cl)ccc2c1. The summed E-state index contributed by atoms with van der Waals surface area (Å²) in [5.41, 5.74) is 0.679. The molecule has 1 aromatic carbocycles. The Hall–Kier alpha value is -0.500. The number of pyridine rings is 1. The number of hydrogen-bond acceptors (Lipinski definition) is 1. The molecule has 0 saturated carbocycles. The van der Waals surface area contributed by atoms with Gasteiger partial charge in [0.25, 0.3) is 0 Å². The zero-order valence-electron chi connectivity index (χ0n) is 6.39. The highest BCUT2D eigenvalue weighted by Crippen LogP contribution is 2.30. The van der Waals surface area contributed by atoms with E-state index in [0.29, 0.717) is 20.6 Å². The number of halogens is 3. The molecule has 4 heteroatoms. The predicted octanol–water partition coefficient (Wildman–Crippen LogP) is 4.20. The minimum atomic E-state index is 0.468. The average molecular weight is 232 g/mol.